The molecule has 1 aliphatic rings. The van der Waals surface area contributed by atoms with Crippen LogP contribution >= 0.6 is 0 Å². The molecule has 0 unspecified atom stereocenters. The van der Waals surface area contributed by atoms with Crippen LogP contribution in [0.4, 0.5) is 0 Å². The number of aliphatic hydroxyl groups is 1. The number of hydrogen-bond acceptors (Lipinski definition) is 4. The molecule has 0 amide bonds. The summed E-state index contributed by atoms with van der Waals surface area (Å²) >= 11 is 0. The Bertz CT molecular complexity index is 715. The van der Waals surface area contributed by atoms with Gasteiger partial charge in [-0.05, 0) is 18.4 Å². The minimum Gasteiger partial charge on any atom is -0.508 e. The van der Waals surface area contributed by atoms with Crippen LogP contribution in [0.3, 0.4) is 0 Å². The Labute approximate surface area is 116 Å². The van der Waals surface area contributed by atoms with Crippen molar-refractivity contribution in [3.63, 3.8) is 0 Å². The Hall–Kier alpha value is -2.49. The van der Waals surface area contributed by atoms with Crippen LogP contribution in [0.2, 0.25) is 0 Å². The molecule has 0 fully saturated rings. The number of esters is 1. The van der Waals surface area contributed by atoms with Crippen LogP contribution in [0.1, 0.15) is 12.5 Å². The van der Waals surface area contributed by atoms with Gasteiger partial charge in [-0.25, -0.2) is 4.79 Å². The van der Waals surface area contributed by atoms with E-state index in [1.54, 1.807) is 13.0 Å². The SMILES string of the molecule is CCOC(=O)C1=C(O)COc2c1ccc1ccccc21. The highest BCUT2D eigenvalue weighted by molar-refractivity contribution is 6.19. The standard InChI is InChI=1S/C16H14O4/c1-2-19-16(18)14-12-8-7-10-5-3-4-6-11(10)15(12)20-9-13(14)17/h3-8,17H,2,9H2,1H3. The van der Waals surface area contributed by atoms with Crippen LogP contribution in [-0.2, 0) is 9.53 Å². The summed E-state index contributed by atoms with van der Waals surface area (Å²) < 4.78 is 10.6. The molecule has 0 spiro atoms. The van der Waals surface area contributed by atoms with Crippen LogP contribution in [0.25, 0.3) is 16.3 Å². The molecule has 1 N–H and O–H groups in total. The molecule has 4 nitrogen and oxygen atoms in total. The zero-order chi connectivity index (χ0) is 14.1. The van der Waals surface area contributed by atoms with Gasteiger partial charge in [0.05, 0.1) is 6.61 Å². The van der Waals surface area contributed by atoms with Crippen molar-refractivity contribution in [1.29, 1.82) is 0 Å². The van der Waals surface area contributed by atoms with Crippen LogP contribution in [0.5, 0.6) is 5.75 Å². The lowest BCUT2D eigenvalue weighted by Gasteiger charge is -2.21. The molecule has 0 atom stereocenters. The average Bonchev–Trinajstić information content (AvgIpc) is 2.46. The van der Waals surface area contributed by atoms with Crippen LogP contribution in [0, 0.1) is 0 Å². The summed E-state index contributed by atoms with van der Waals surface area (Å²) in [5.74, 6) is 0.0000142. The summed E-state index contributed by atoms with van der Waals surface area (Å²) in [6, 6.07) is 11.4. The zero-order valence-electron chi connectivity index (χ0n) is 11.1. The molecule has 20 heavy (non-hydrogen) atoms. The van der Waals surface area contributed by atoms with Crippen molar-refractivity contribution < 1.29 is 19.4 Å². The molecule has 0 aliphatic carbocycles. The first-order valence-corrected chi connectivity index (χ1v) is 6.46. The third-order valence-corrected chi connectivity index (χ3v) is 3.27. The Balaban J connectivity index is 2.21. The molecule has 0 aromatic heterocycles. The molecule has 3 rings (SSSR count). The molecule has 102 valence electrons. The lowest BCUT2D eigenvalue weighted by Crippen LogP contribution is -2.18. The number of carbonyl (C=O) groups excluding carboxylic acids is 1. The fourth-order valence-corrected chi connectivity index (χ4v) is 2.39. The van der Waals surface area contributed by atoms with Gasteiger partial charge < -0.3 is 14.6 Å². The molecule has 0 radical (unpaired) electrons. The second kappa shape index (κ2) is 4.89. The topological polar surface area (TPSA) is 55.8 Å². The van der Waals surface area contributed by atoms with E-state index in [0.717, 1.165) is 10.8 Å². The first-order valence-electron chi connectivity index (χ1n) is 6.46. The normalized spacial score (nSPS) is 13.8. The first kappa shape index (κ1) is 12.5. The number of ether oxygens (including phenoxy) is 2. The fourth-order valence-electron chi connectivity index (χ4n) is 2.39. The number of hydrogen-bond donors (Lipinski definition) is 1. The van der Waals surface area contributed by atoms with Gasteiger partial charge in [-0.2, -0.15) is 0 Å². The van der Waals surface area contributed by atoms with Crippen molar-refractivity contribution in [3.05, 3.63) is 47.7 Å². The van der Waals surface area contributed by atoms with Crippen LogP contribution in [0.15, 0.2) is 42.2 Å². The molecule has 1 heterocycles. The lowest BCUT2D eigenvalue weighted by molar-refractivity contribution is -0.136. The largest absolute Gasteiger partial charge is 0.508 e. The third-order valence-electron chi connectivity index (χ3n) is 3.27. The highest BCUT2D eigenvalue weighted by Gasteiger charge is 2.27. The van der Waals surface area contributed by atoms with Crippen molar-refractivity contribution in [2.24, 2.45) is 0 Å². The van der Waals surface area contributed by atoms with E-state index in [1.807, 2.05) is 30.3 Å². The summed E-state index contributed by atoms with van der Waals surface area (Å²) in [4.78, 5) is 12.0. The molecule has 0 saturated carbocycles. The van der Waals surface area contributed by atoms with Crippen molar-refractivity contribution in [2.75, 3.05) is 13.2 Å². The molecular formula is C16H14O4. The van der Waals surface area contributed by atoms with E-state index in [-0.39, 0.29) is 24.5 Å². The summed E-state index contributed by atoms with van der Waals surface area (Å²) in [5, 5.41) is 11.9. The monoisotopic (exact) mass is 270 g/mol. The summed E-state index contributed by atoms with van der Waals surface area (Å²) in [6.07, 6.45) is 0. The fraction of sp³-hybridized carbons (Fsp3) is 0.188. The van der Waals surface area contributed by atoms with E-state index in [4.69, 9.17) is 9.47 Å². The van der Waals surface area contributed by atoms with E-state index in [1.165, 1.54) is 0 Å². The van der Waals surface area contributed by atoms with E-state index >= 15 is 0 Å². The van der Waals surface area contributed by atoms with Crippen molar-refractivity contribution in [1.82, 2.24) is 0 Å². The van der Waals surface area contributed by atoms with Gasteiger partial charge >= 0.3 is 5.97 Å². The Kier molecular flexibility index (Phi) is 3.06. The molecule has 1 aliphatic heterocycles. The number of fused-ring (bicyclic) bond motifs is 3. The average molecular weight is 270 g/mol. The smallest absolute Gasteiger partial charge is 0.342 e. The van der Waals surface area contributed by atoms with Gasteiger partial charge in [0.25, 0.3) is 0 Å². The predicted molar refractivity (Wildman–Crippen MR) is 75.6 cm³/mol. The maximum Gasteiger partial charge on any atom is 0.342 e. The molecule has 2 aromatic carbocycles. The lowest BCUT2D eigenvalue weighted by atomic mass is 9.97. The molecular weight excluding hydrogens is 256 g/mol. The van der Waals surface area contributed by atoms with Gasteiger partial charge in [-0.1, -0.05) is 30.3 Å². The highest BCUT2D eigenvalue weighted by atomic mass is 16.5. The van der Waals surface area contributed by atoms with Crippen molar-refractivity contribution in [2.45, 2.75) is 6.92 Å². The third kappa shape index (κ3) is 1.90. The summed E-state index contributed by atoms with van der Waals surface area (Å²) in [6.45, 7) is 1.98. The van der Waals surface area contributed by atoms with Gasteiger partial charge in [-0.3, -0.25) is 0 Å². The van der Waals surface area contributed by atoms with Gasteiger partial charge in [0, 0.05) is 10.9 Å². The summed E-state index contributed by atoms with van der Waals surface area (Å²) in [5.41, 5.74) is 0.768. The second-order valence-corrected chi connectivity index (χ2v) is 4.49. The Morgan fingerprint density at radius 3 is 2.90 bits per heavy atom. The van der Waals surface area contributed by atoms with E-state index < -0.39 is 5.97 Å². The number of carbonyl (C=O) groups is 1. The Morgan fingerprint density at radius 1 is 1.30 bits per heavy atom. The zero-order valence-corrected chi connectivity index (χ0v) is 11.1. The summed E-state index contributed by atoms with van der Waals surface area (Å²) in [7, 11) is 0. The van der Waals surface area contributed by atoms with Crippen LogP contribution in [-0.4, -0.2) is 24.3 Å². The maximum absolute atomic E-state index is 12.0. The second-order valence-electron chi connectivity index (χ2n) is 4.49. The molecule has 4 heteroatoms. The van der Waals surface area contributed by atoms with Gasteiger partial charge in [0.1, 0.15) is 23.7 Å². The van der Waals surface area contributed by atoms with Gasteiger partial charge in [0.15, 0.2) is 0 Å². The molecule has 0 saturated heterocycles. The predicted octanol–water partition coefficient (Wildman–Crippen LogP) is 3.06. The number of rotatable bonds is 2. The van der Waals surface area contributed by atoms with E-state index in [2.05, 4.69) is 0 Å². The van der Waals surface area contributed by atoms with Crippen LogP contribution < -0.4 is 4.74 Å². The van der Waals surface area contributed by atoms with Crippen molar-refractivity contribution in [3.8, 4) is 5.75 Å². The van der Waals surface area contributed by atoms with Gasteiger partial charge in [-0.15, -0.1) is 0 Å². The molecule has 2 aromatic rings. The Morgan fingerprint density at radius 2 is 2.10 bits per heavy atom. The highest BCUT2D eigenvalue weighted by Crippen LogP contribution is 2.38. The minimum atomic E-state index is -0.523. The van der Waals surface area contributed by atoms with Gasteiger partial charge in [0.2, 0.25) is 0 Å². The minimum absolute atomic E-state index is 0.0187. The number of benzene rings is 2. The molecule has 0 bridgehead atoms. The first-order chi connectivity index (χ1) is 9.72. The maximum atomic E-state index is 12.0. The quantitative estimate of drug-likeness (QED) is 0.852. The van der Waals surface area contributed by atoms with E-state index in [9.17, 15) is 9.90 Å². The number of aliphatic hydroxyl groups excluding tert-OH is 1. The van der Waals surface area contributed by atoms with Crippen molar-refractivity contribution >= 4 is 22.3 Å². The van der Waals surface area contributed by atoms with E-state index in [0.29, 0.717) is 11.3 Å².